The van der Waals surface area contributed by atoms with Gasteiger partial charge in [-0.1, -0.05) is 29.3 Å². The Balaban J connectivity index is 2.16. The molecule has 0 saturated carbocycles. The van der Waals surface area contributed by atoms with Crippen LogP contribution in [0.15, 0.2) is 23.2 Å². The van der Waals surface area contributed by atoms with Gasteiger partial charge in [-0.2, -0.15) is 5.10 Å². The summed E-state index contributed by atoms with van der Waals surface area (Å²) in [6.07, 6.45) is 0. The van der Waals surface area contributed by atoms with Crippen molar-refractivity contribution in [3.63, 3.8) is 0 Å². The van der Waals surface area contributed by atoms with E-state index in [-0.39, 0.29) is 6.04 Å². The first-order valence-corrected chi connectivity index (χ1v) is 9.08. The molecule has 2 N–H and O–H groups in total. The van der Waals surface area contributed by atoms with E-state index in [2.05, 4.69) is 22.7 Å². The smallest absolute Gasteiger partial charge is 0.192 e. The third kappa shape index (κ3) is 4.89. The predicted octanol–water partition coefficient (Wildman–Crippen LogP) is 4.16. The zero-order valence-electron chi connectivity index (χ0n) is 15.3. The van der Waals surface area contributed by atoms with E-state index in [1.54, 1.807) is 6.07 Å². The second-order valence-electron chi connectivity index (χ2n) is 6.00. The maximum Gasteiger partial charge on any atom is 0.192 e. The Labute approximate surface area is 159 Å². The Bertz CT molecular complexity index is 767. The van der Waals surface area contributed by atoms with E-state index in [0.29, 0.717) is 16.6 Å². The van der Waals surface area contributed by atoms with Gasteiger partial charge in [-0.05, 0) is 45.4 Å². The Morgan fingerprint density at radius 1 is 1.32 bits per heavy atom. The molecule has 0 bridgehead atoms. The van der Waals surface area contributed by atoms with Crippen LogP contribution in [-0.2, 0) is 13.6 Å². The van der Waals surface area contributed by atoms with Crippen molar-refractivity contribution in [2.24, 2.45) is 12.0 Å². The molecule has 0 aliphatic carbocycles. The van der Waals surface area contributed by atoms with Crippen LogP contribution in [0.3, 0.4) is 0 Å². The van der Waals surface area contributed by atoms with Crippen LogP contribution in [0.5, 0.6) is 0 Å². The molecule has 1 aromatic heterocycles. The van der Waals surface area contributed by atoms with Gasteiger partial charge in [-0.3, -0.25) is 4.68 Å². The van der Waals surface area contributed by atoms with Crippen LogP contribution < -0.4 is 10.6 Å². The van der Waals surface area contributed by atoms with Gasteiger partial charge in [0.2, 0.25) is 0 Å². The third-order valence-electron chi connectivity index (χ3n) is 4.18. The summed E-state index contributed by atoms with van der Waals surface area (Å²) in [5.41, 5.74) is 4.27. The minimum atomic E-state index is -0.00124. The van der Waals surface area contributed by atoms with E-state index in [4.69, 9.17) is 28.2 Å². The second kappa shape index (κ2) is 8.59. The van der Waals surface area contributed by atoms with Crippen LogP contribution in [-0.4, -0.2) is 22.3 Å². The summed E-state index contributed by atoms with van der Waals surface area (Å²) in [7, 11) is 1.95. The average molecular weight is 382 g/mol. The summed E-state index contributed by atoms with van der Waals surface area (Å²) >= 11 is 12.3. The summed E-state index contributed by atoms with van der Waals surface area (Å²) in [6.45, 7) is 9.50. The first-order valence-electron chi connectivity index (χ1n) is 8.32. The quantitative estimate of drug-likeness (QED) is 0.603. The van der Waals surface area contributed by atoms with Crippen LogP contribution in [0.25, 0.3) is 0 Å². The normalized spacial score (nSPS) is 13.0. The Morgan fingerprint density at radius 2 is 2.04 bits per heavy atom. The molecule has 0 amide bonds. The highest BCUT2D eigenvalue weighted by atomic mass is 35.5. The lowest BCUT2D eigenvalue weighted by molar-refractivity contribution is 0.686. The first kappa shape index (κ1) is 19.6. The number of nitrogens with zero attached hydrogens (tertiary/aromatic N) is 3. The molecule has 25 heavy (non-hydrogen) atoms. The molecule has 7 heteroatoms. The summed E-state index contributed by atoms with van der Waals surface area (Å²) in [5.74, 6) is 0.740. The lowest BCUT2D eigenvalue weighted by Crippen LogP contribution is -2.38. The molecule has 1 aromatic carbocycles. The standard InChI is InChI=1S/C18H25Cl2N5/c1-6-21-18(22-10-16-12(3)24-25(5)13(16)4)23-11(2)15-8-7-14(19)9-17(15)20/h7-9,11H,6,10H2,1-5H3,(H2,21,22,23). The molecule has 0 aliphatic rings. The molecule has 136 valence electrons. The van der Waals surface area contributed by atoms with Crippen molar-refractivity contribution in [1.29, 1.82) is 0 Å². The van der Waals surface area contributed by atoms with Crippen molar-refractivity contribution in [3.8, 4) is 0 Å². The maximum absolute atomic E-state index is 6.31. The topological polar surface area (TPSA) is 54.2 Å². The number of aryl methyl sites for hydroxylation is 2. The van der Waals surface area contributed by atoms with E-state index < -0.39 is 0 Å². The number of rotatable bonds is 5. The lowest BCUT2D eigenvalue weighted by atomic mass is 10.1. The largest absolute Gasteiger partial charge is 0.357 e. The molecule has 0 aliphatic heterocycles. The van der Waals surface area contributed by atoms with Gasteiger partial charge in [0.25, 0.3) is 0 Å². The highest BCUT2D eigenvalue weighted by Crippen LogP contribution is 2.26. The number of hydrogen-bond acceptors (Lipinski definition) is 2. The summed E-state index contributed by atoms with van der Waals surface area (Å²) < 4.78 is 1.89. The molecular formula is C18H25Cl2N5. The van der Waals surface area contributed by atoms with Crippen molar-refractivity contribution >= 4 is 29.2 Å². The van der Waals surface area contributed by atoms with Crippen molar-refractivity contribution in [2.45, 2.75) is 40.3 Å². The molecule has 0 saturated heterocycles. The zero-order chi connectivity index (χ0) is 18.6. The molecule has 0 fully saturated rings. The number of benzene rings is 1. The van der Waals surface area contributed by atoms with Crippen molar-refractivity contribution in [1.82, 2.24) is 20.4 Å². The SMILES string of the molecule is CCNC(=NCc1c(C)nn(C)c1C)NC(C)c1ccc(Cl)cc1Cl. The van der Waals surface area contributed by atoms with Gasteiger partial charge in [0.1, 0.15) is 0 Å². The summed E-state index contributed by atoms with van der Waals surface area (Å²) in [5, 5.41) is 12.4. The molecule has 2 rings (SSSR count). The number of halogens is 2. The molecular weight excluding hydrogens is 357 g/mol. The highest BCUT2D eigenvalue weighted by Gasteiger charge is 2.13. The maximum atomic E-state index is 6.31. The number of aliphatic imine (C=N–C) groups is 1. The average Bonchev–Trinajstić information content (AvgIpc) is 2.78. The number of guanidine groups is 1. The molecule has 5 nitrogen and oxygen atoms in total. The Hall–Kier alpha value is -1.72. The van der Waals surface area contributed by atoms with Gasteiger partial charge in [-0.15, -0.1) is 0 Å². The highest BCUT2D eigenvalue weighted by molar-refractivity contribution is 6.35. The number of hydrogen-bond donors (Lipinski definition) is 2. The van der Waals surface area contributed by atoms with E-state index in [9.17, 15) is 0 Å². The second-order valence-corrected chi connectivity index (χ2v) is 6.84. The lowest BCUT2D eigenvalue weighted by Gasteiger charge is -2.19. The molecule has 0 radical (unpaired) electrons. The van der Waals surface area contributed by atoms with E-state index in [0.717, 1.165) is 35.0 Å². The van der Waals surface area contributed by atoms with Crippen molar-refractivity contribution < 1.29 is 0 Å². The van der Waals surface area contributed by atoms with Crippen LogP contribution in [0.2, 0.25) is 10.0 Å². The van der Waals surface area contributed by atoms with Crippen LogP contribution in [0.1, 0.15) is 42.4 Å². The van der Waals surface area contributed by atoms with Gasteiger partial charge >= 0.3 is 0 Å². The van der Waals surface area contributed by atoms with Crippen LogP contribution in [0, 0.1) is 13.8 Å². The Morgan fingerprint density at radius 3 is 2.60 bits per heavy atom. The number of nitrogens with one attached hydrogen (secondary N) is 2. The van der Waals surface area contributed by atoms with Gasteiger partial charge in [0.15, 0.2) is 5.96 Å². The summed E-state index contributed by atoms with van der Waals surface area (Å²) in [4.78, 5) is 4.70. The fourth-order valence-corrected chi connectivity index (χ4v) is 3.23. The monoisotopic (exact) mass is 381 g/mol. The predicted molar refractivity (Wildman–Crippen MR) is 106 cm³/mol. The van der Waals surface area contributed by atoms with Gasteiger partial charge < -0.3 is 10.6 Å². The van der Waals surface area contributed by atoms with E-state index in [1.807, 2.05) is 44.6 Å². The minimum absolute atomic E-state index is 0.00124. The van der Waals surface area contributed by atoms with Gasteiger partial charge in [0, 0.05) is 34.9 Å². The van der Waals surface area contributed by atoms with Gasteiger partial charge in [0.05, 0.1) is 18.3 Å². The zero-order valence-corrected chi connectivity index (χ0v) is 16.8. The summed E-state index contributed by atoms with van der Waals surface area (Å²) in [6, 6.07) is 5.52. The Kier molecular flexibility index (Phi) is 6.73. The third-order valence-corrected chi connectivity index (χ3v) is 4.74. The van der Waals surface area contributed by atoms with Crippen molar-refractivity contribution in [2.75, 3.05) is 6.54 Å². The van der Waals surface area contributed by atoms with Crippen molar-refractivity contribution in [3.05, 3.63) is 50.8 Å². The van der Waals surface area contributed by atoms with Crippen LogP contribution >= 0.6 is 23.2 Å². The molecule has 2 aromatic rings. The molecule has 1 heterocycles. The van der Waals surface area contributed by atoms with Gasteiger partial charge in [-0.25, -0.2) is 4.99 Å². The van der Waals surface area contributed by atoms with E-state index in [1.165, 1.54) is 0 Å². The van der Waals surface area contributed by atoms with Crippen LogP contribution in [0.4, 0.5) is 0 Å². The van der Waals surface area contributed by atoms with E-state index >= 15 is 0 Å². The fraction of sp³-hybridized carbons (Fsp3) is 0.444. The fourth-order valence-electron chi connectivity index (χ4n) is 2.66. The molecule has 0 spiro atoms. The number of aromatic nitrogens is 2. The minimum Gasteiger partial charge on any atom is -0.357 e. The first-order chi connectivity index (χ1) is 11.8. The molecule has 1 unspecified atom stereocenters. The molecule has 1 atom stereocenters.